The third-order valence-corrected chi connectivity index (χ3v) is 8.88. The average Bonchev–Trinajstić information content (AvgIpc) is 2.81. The lowest BCUT2D eigenvalue weighted by Gasteiger charge is -2.44. The van der Waals surface area contributed by atoms with Crippen molar-refractivity contribution >= 4 is 45.8 Å². The zero-order chi connectivity index (χ0) is 28.1. The molecular weight excluding hydrogens is 625 g/mol. The Morgan fingerprint density at radius 2 is 1.51 bits per heavy atom. The van der Waals surface area contributed by atoms with Crippen molar-refractivity contribution in [2.75, 3.05) is 6.61 Å². The van der Waals surface area contributed by atoms with E-state index >= 15 is 0 Å². The summed E-state index contributed by atoms with van der Waals surface area (Å²) in [6.45, 7) is 11.2. The fraction of sp³-hybridized carbons (Fsp3) is 0.438. The normalized spacial score (nSPS) is 20.4. The van der Waals surface area contributed by atoms with Gasteiger partial charge in [0, 0.05) is 51.9 Å². The maximum atomic E-state index is 13.7. The molecule has 0 atom stereocenters. The second-order valence-electron chi connectivity index (χ2n) is 12.4. The van der Waals surface area contributed by atoms with Gasteiger partial charge in [-0.3, -0.25) is 9.59 Å². The number of halogens is 2. The number of ether oxygens (including phenoxy) is 2. The van der Waals surface area contributed by atoms with Gasteiger partial charge in [0.2, 0.25) is 0 Å². The second-order valence-corrected chi connectivity index (χ2v) is 13.9. The van der Waals surface area contributed by atoms with Crippen LogP contribution in [0.15, 0.2) is 58.9 Å². The number of hydrogen-bond donors (Lipinski definition) is 1. The molecule has 5 rings (SSSR count). The van der Waals surface area contributed by atoms with E-state index in [1.54, 1.807) is 0 Å². The molecule has 206 valence electrons. The summed E-state index contributed by atoms with van der Waals surface area (Å²) in [6.07, 6.45) is 2.45. The number of dihydropyridines is 1. The third kappa shape index (κ3) is 5.64. The van der Waals surface area contributed by atoms with Crippen molar-refractivity contribution in [2.24, 2.45) is 10.8 Å². The number of ketones is 2. The molecule has 2 aromatic rings. The molecule has 0 radical (unpaired) electrons. The van der Waals surface area contributed by atoms with Gasteiger partial charge in [-0.25, -0.2) is 0 Å². The molecule has 0 saturated carbocycles. The summed E-state index contributed by atoms with van der Waals surface area (Å²) in [5, 5.41) is 4.23. The van der Waals surface area contributed by atoms with E-state index in [0.717, 1.165) is 50.1 Å². The Kier molecular flexibility index (Phi) is 7.66. The van der Waals surface area contributed by atoms with Crippen LogP contribution in [0.5, 0.6) is 11.5 Å². The number of allylic oxidation sites excluding steroid dienone is 4. The summed E-state index contributed by atoms with van der Waals surface area (Å²) < 4.78 is 13.2. The number of Topliss-reactive ketones (excluding diaryl/α,β-unsaturated/α-hetero) is 2. The van der Waals surface area contributed by atoms with E-state index < -0.39 is 5.92 Å². The van der Waals surface area contributed by atoms with Crippen LogP contribution in [0.2, 0.25) is 5.02 Å². The Morgan fingerprint density at radius 1 is 0.923 bits per heavy atom. The van der Waals surface area contributed by atoms with E-state index in [0.29, 0.717) is 42.6 Å². The Balaban J connectivity index is 1.62. The Labute approximate surface area is 249 Å². The Bertz CT molecular complexity index is 1370. The molecule has 3 aliphatic rings. The molecule has 5 nitrogen and oxygen atoms in total. The molecule has 0 aromatic heterocycles. The largest absolute Gasteiger partial charge is 0.490 e. The zero-order valence-electron chi connectivity index (χ0n) is 23.2. The van der Waals surface area contributed by atoms with E-state index in [2.05, 4.69) is 55.6 Å². The molecule has 0 saturated heterocycles. The van der Waals surface area contributed by atoms with Crippen LogP contribution in [0.4, 0.5) is 0 Å². The lowest BCUT2D eigenvalue weighted by molar-refractivity contribution is -0.119. The first-order valence-electron chi connectivity index (χ1n) is 13.5. The molecule has 1 heterocycles. The van der Waals surface area contributed by atoms with Crippen molar-refractivity contribution in [3.05, 3.63) is 78.7 Å². The predicted octanol–water partition coefficient (Wildman–Crippen LogP) is 7.90. The molecule has 0 spiro atoms. The zero-order valence-corrected chi connectivity index (χ0v) is 26.1. The van der Waals surface area contributed by atoms with Crippen LogP contribution >= 0.6 is 34.2 Å². The molecule has 1 N–H and O–H groups in total. The van der Waals surface area contributed by atoms with Gasteiger partial charge in [-0.15, -0.1) is 0 Å². The second kappa shape index (κ2) is 10.6. The lowest BCUT2D eigenvalue weighted by atomic mass is 9.64. The first kappa shape index (κ1) is 28.2. The van der Waals surface area contributed by atoms with Gasteiger partial charge in [0.1, 0.15) is 6.61 Å². The molecule has 2 aromatic carbocycles. The summed E-state index contributed by atoms with van der Waals surface area (Å²) >= 11 is 8.62. The van der Waals surface area contributed by atoms with Gasteiger partial charge in [-0.2, -0.15) is 0 Å². The Morgan fingerprint density at radius 3 is 2.08 bits per heavy atom. The molecular formula is C32H35ClINO4. The van der Waals surface area contributed by atoms with Crippen molar-refractivity contribution in [3.8, 4) is 11.5 Å². The van der Waals surface area contributed by atoms with Crippen molar-refractivity contribution < 1.29 is 19.1 Å². The van der Waals surface area contributed by atoms with E-state index in [1.807, 2.05) is 43.3 Å². The van der Waals surface area contributed by atoms with Crippen LogP contribution in [-0.2, 0) is 16.2 Å². The van der Waals surface area contributed by atoms with Gasteiger partial charge in [-0.05, 0) is 76.9 Å². The fourth-order valence-corrected chi connectivity index (χ4v) is 7.12. The van der Waals surface area contributed by atoms with E-state index in [9.17, 15) is 9.59 Å². The van der Waals surface area contributed by atoms with Crippen molar-refractivity contribution in [1.82, 2.24) is 5.32 Å². The summed E-state index contributed by atoms with van der Waals surface area (Å²) in [5.41, 5.74) is 4.86. The van der Waals surface area contributed by atoms with Crippen molar-refractivity contribution in [2.45, 2.75) is 72.8 Å². The number of carbonyl (C=O) groups excluding carboxylic acids is 2. The van der Waals surface area contributed by atoms with E-state index in [4.69, 9.17) is 21.1 Å². The highest BCUT2D eigenvalue weighted by molar-refractivity contribution is 14.1. The monoisotopic (exact) mass is 659 g/mol. The smallest absolute Gasteiger partial charge is 0.174 e. The summed E-state index contributed by atoms with van der Waals surface area (Å²) in [4.78, 5) is 27.4. The van der Waals surface area contributed by atoms with Crippen LogP contribution in [0.25, 0.3) is 0 Å². The highest BCUT2D eigenvalue weighted by atomic mass is 127. The summed E-state index contributed by atoms with van der Waals surface area (Å²) in [7, 11) is 0. The maximum absolute atomic E-state index is 13.7. The number of hydrogen-bond acceptors (Lipinski definition) is 5. The molecule has 39 heavy (non-hydrogen) atoms. The predicted molar refractivity (Wildman–Crippen MR) is 162 cm³/mol. The number of nitrogens with one attached hydrogen (secondary N) is 1. The number of rotatable bonds is 6. The maximum Gasteiger partial charge on any atom is 0.174 e. The van der Waals surface area contributed by atoms with Gasteiger partial charge in [-0.1, -0.05) is 57.5 Å². The van der Waals surface area contributed by atoms with Crippen LogP contribution < -0.4 is 14.8 Å². The molecule has 0 unspecified atom stereocenters. The van der Waals surface area contributed by atoms with Crippen LogP contribution in [0.1, 0.15) is 77.3 Å². The minimum Gasteiger partial charge on any atom is -0.490 e. The highest BCUT2D eigenvalue weighted by Crippen LogP contribution is 2.52. The van der Waals surface area contributed by atoms with Crippen LogP contribution in [0, 0.1) is 14.4 Å². The molecule has 1 aliphatic heterocycles. The topological polar surface area (TPSA) is 64.6 Å². The highest BCUT2D eigenvalue weighted by Gasteiger charge is 2.46. The SMILES string of the molecule is CCOc1cc(C2C3=C(CC(C)(C)CC3=O)NC3=C2C(=O)CC(C)(C)C3)cc(I)c1OCc1ccccc1Cl. The molecule has 0 amide bonds. The van der Waals surface area contributed by atoms with E-state index in [1.165, 1.54) is 0 Å². The van der Waals surface area contributed by atoms with E-state index in [-0.39, 0.29) is 22.4 Å². The summed E-state index contributed by atoms with van der Waals surface area (Å²) in [6, 6.07) is 11.6. The van der Waals surface area contributed by atoms with Crippen LogP contribution in [-0.4, -0.2) is 18.2 Å². The number of benzene rings is 2. The standard InChI is InChI=1S/C32H35ClINO4/c1-6-38-26-12-19(11-21(34)30(26)39-17-18-9-7-8-10-20(18)33)27-28-22(13-31(2,3)15-24(28)36)35-23-14-32(4,5)16-25(37)29(23)27/h7-12,27,35H,6,13-17H2,1-5H3. The Hall–Kier alpha value is -2.32. The average molecular weight is 660 g/mol. The fourth-order valence-electron chi connectivity index (χ4n) is 6.15. The first-order chi connectivity index (χ1) is 18.4. The van der Waals surface area contributed by atoms with Crippen molar-refractivity contribution in [3.63, 3.8) is 0 Å². The van der Waals surface area contributed by atoms with Gasteiger partial charge in [0.05, 0.1) is 10.2 Å². The lowest BCUT2D eigenvalue weighted by Crippen LogP contribution is -2.42. The van der Waals surface area contributed by atoms with Crippen molar-refractivity contribution in [1.29, 1.82) is 0 Å². The quantitative estimate of drug-likeness (QED) is 0.320. The molecule has 0 fully saturated rings. The molecule has 7 heteroatoms. The van der Waals surface area contributed by atoms with Gasteiger partial charge >= 0.3 is 0 Å². The van der Waals surface area contributed by atoms with Gasteiger partial charge in [0.25, 0.3) is 0 Å². The van der Waals surface area contributed by atoms with Gasteiger partial charge < -0.3 is 14.8 Å². The molecule has 0 bridgehead atoms. The minimum absolute atomic E-state index is 0.106. The molecule has 2 aliphatic carbocycles. The third-order valence-electron chi connectivity index (χ3n) is 7.71. The first-order valence-corrected chi connectivity index (χ1v) is 15.0. The minimum atomic E-state index is -0.422. The van der Waals surface area contributed by atoms with Crippen LogP contribution in [0.3, 0.4) is 0 Å². The number of carbonyl (C=O) groups is 2. The van der Waals surface area contributed by atoms with Gasteiger partial charge in [0.15, 0.2) is 23.1 Å². The summed E-state index contributed by atoms with van der Waals surface area (Å²) in [5.74, 6) is 1.02.